The fourth-order valence-electron chi connectivity index (χ4n) is 1.86. The number of halogens is 1. The van der Waals surface area contributed by atoms with Gasteiger partial charge in [0.05, 0.1) is 14.8 Å². The number of β-amino-alcohol motifs (C(OH)–C–C–N with tert-alkyl or cyclic N) is 1. The molecule has 1 aromatic rings. The Labute approximate surface area is 107 Å². The summed E-state index contributed by atoms with van der Waals surface area (Å²) < 4.78 is 1.01. The maximum atomic E-state index is 12.1. The van der Waals surface area contributed by atoms with Crippen LogP contribution < -0.4 is 0 Å². The van der Waals surface area contributed by atoms with Crippen molar-refractivity contribution in [2.24, 2.45) is 0 Å². The van der Waals surface area contributed by atoms with Crippen molar-refractivity contribution in [3.05, 3.63) is 20.3 Å². The number of carbonyl (C=O) groups is 1. The third kappa shape index (κ3) is 2.47. The molecule has 1 saturated heterocycles. The number of aryl methyl sites for hydroxylation is 1. The predicted molar refractivity (Wildman–Crippen MR) is 67.9 cm³/mol. The SMILES string of the molecule is Cc1cc(C(=O)N2CCC[C@H](O)C2)sc1Br. The van der Waals surface area contributed by atoms with Crippen LogP contribution in [-0.2, 0) is 0 Å². The van der Waals surface area contributed by atoms with Gasteiger partial charge in [0.15, 0.2) is 0 Å². The Morgan fingerprint density at radius 3 is 3.00 bits per heavy atom. The number of nitrogens with zero attached hydrogens (tertiary/aromatic N) is 1. The van der Waals surface area contributed by atoms with E-state index in [-0.39, 0.29) is 12.0 Å². The molecule has 2 heterocycles. The van der Waals surface area contributed by atoms with E-state index in [2.05, 4.69) is 15.9 Å². The molecule has 1 atom stereocenters. The van der Waals surface area contributed by atoms with Crippen molar-refractivity contribution in [2.45, 2.75) is 25.9 Å². The van der Waals surface area contributed by atoms with Crippen molar-refractivity contribution in [3.63, 3.8) is 0 Å². The standard InChI is InChI=1S/C11H14BrNO2S/c1-7-5-9(16-10(7)12)11(15)13-4-2-3-8(14)6-13/h5,8,14H,2-4,6H2,1H3/t8-/m0/s1. The van der Waals surface area contributed by atoms with Crippen LogP contribution in [0.4, 0.5) is 0 Å². The van der Waals surface area contributed by atoms with Gasteiger partial charge in [-0.15, -0.1) is 11.3 Å². The Bertz CT molecular complexity index is 385. The minimum absolute atomic E-state index is 0.0394. The molecule has 0 saturated carbocycles. The average Bonchev–Trinajstić information content (AvgIpc) is 2.58. The lowest BCUT2D eigenvalue weighted by molar-refractivity contribution is 0.0477. The summed E-state index contributed by atoms with van der Waals surface area (Å²) in [6.45, 7) is 3.19. The fourth-order valence-corrected chi connectivity index (χ4v) is 3.36. The van der Waals surface area contributed by atoms with Gasteiger partial charge in [0.2, 0.25) is 0 Å². The van der Waals surface area contributed by atoms with Crippen LogP contribution in [0, 0.1) is 6.92 Å². The van der Waals surface area contributed by atoms with Gasteiger partial charge >= 0.3 is 0 Å². The number of carbonyl (C=O) groups excluding carboxylic acids is 1. The summed E-state index contributed by atoms with van der Waals surface area (Å²) in [5.74, 6) is 0.0394. The van der Waals surface area contributed by atoms with Crippen LogP contribution in [0.2, 0.25) is 0 Å². The van der Waals surface area contributed by atoms with Crippen LogP contribution in [0.25, 0.3) is 0 Å². The molecule has 1 N–H and O–H groups in total. The average molecular weight is 304 g/mol. The third-order valence-electron chi connectivity index (χ3n) is 2.75. The lowest BCUT2D eigenvalue weighted by Crippen LogP contribution is -2.41. The molecule has 88 valence electrons. The van der Waals surface area contributed by atoms with Crippen molar-refractivity contribution in [1.82, 2.24) is 4.90 Å². The number of aliphatic hydroxyl groups excluding tert-OH is 1. The van der Waals surface area contributed by atoms with Gasteiger partial charge in [-0.05, 0) is 47.3 Å². The van der Waals surface area contributed by atoms with Crippen molar-refractivity contribution in [2.75, 3.05) is 13.1 Å². The maximum Gasteiger partial charge on any atom is 0.264 e. The molecule has 0 aromatic carbocycles. The largest absolute Gasteiger partial charge is 0.391 e. The van der Waals surface area contributed by atoms with Gasteiger partial charge in [0.25, 0.3) is 5.91 Å². The molecule has 1 amide bonds. The van der Waals surface area contributed by atoms with Crippen molar-refractivity contribution in [1.29, 1.82) is 0 Å². The zero-order valence-electron chi connectivity index (χ0n) is 9.07. The van der Waals surface area contributed by atoms with Crippen LogP contribution in [0.1, 0.15) is 28.1 Å². The zero-order valence-corrected chi connectivity index (χ0v) is 11.5. The normalized spacial score (nSPS) is 21.2. The van der Waals surface area contributed by atoms with E-state index >= 15 is 0 Å². The molecule has 0 aliphatic carbocycles. The highest BCUT2D eigenvalue weighted by atomic mass is 79.9. The highest BCUT2D eigenvalue weighted by molar-refractivity contribution is 9.11. The number of likely N-dealkylation sites (tertiary alicyclic amines) is 1. The summed E-state index contributed by atoms with van der Waals surface area (Å²) in [6.07, 6.45) is 1.33. The monoisotopic (exact) mass is 303 g/mol. The summed E-state index contributed by atoms with van der Waals surface area (Å²) >= 11 is 4.88. The first kappa shape index (κ1) is 12.1. The van der Waals surface area contributed by atoms with Crippen molar-refractivity contribution >= 4 is 33.2 Å². The third-order valence-corrected chi connectivity index (χ3v) is 4.88. The number of piperidine rings is 1. The van der Waals surface area contributed by atoms with Crippen molar-refractivity contribution < 1.29 is 9.90 Å². The van der Waals surface area contributed by atoms with Gasteiger partial charge in [0.1, 0.15) is 0 Å². The molecule has 3 nitrogen and oxygen atoms in total. The highest BCUT2D eigenvalue weighted by Gasteiger charge is 2.24. The number of amides is 1. The van der Waals surface area contributed by atoms with Gasteiger partial charge < -0.3 is 10.0 Å². The molecule has 0 bridgehead atoms. The second-order valence-corrected chi connectivity index (χ2v) is 6.48. The molecule has 0 radical (unpaired) electrons. The quantitative estimate of drug-likeness (QED) is 0.865. The van der Waals surface area contributed by atoms with Crippen molar-refractivity contribution in [3.8, 4) is 0 Å². The van der Waals surface area contributed by atoms with E-state index in [9.17, 15) is 9.90 Å². The number of thiophene rings is 1. The van der Waals surface area contributed by atoms with E-state index in [0.717, 1.165) is 33.6 Å². The summed E-state index contributed by atoms with van der Waals surface area (Å²) in [4.78, 5) is 14.6. The van der Waals surface area contributed by atoms with E-state index in [4.69, 9.17) is 0 Å². The number of rotatable bonds is 1. The number of hydrogen-bond acceptors (Lipinski definition) is 3. The van der Waals surface area contributed by atoms with Gasteiger partial charge in [-0.3, -0.25) is 4.79 Å². The molecule has 1 aliphatic heterocycles. The first-order valence-corrected chi connectivity index (χ1v) is 6.92. The molecule has 1 aliphatic rings. The molecule has 0 spiro atoms. The number of hydrogen-bond donors (Lipinski definition) is 1. The maximum absolute atomic E-state index is 12.1. The van der Waals surface area contributed by atoms with Gasteiger partial charge in [0, 0.05) is 13.1 Å². The van der Waals surface area contributed by atoms with Crippen LogP contribution in [0.5, 0.6) is 0 Å². The fraction of sp³-hybridized carbons (Fsp3) is 0.545. The summed E-state index contributed by atoms with van der Waals surface area (Å²) in [7, 11) is 0. The Kier molecular flexibility index (Phi) is 3.66. The van der Waals surface area contributed by atoms with Crippen LogP contribution in [-0.4, -0.2) is 35.1 Å². The Hall–Kier alpha value is -0.390. The molecule has 2 rings (SSSR count). The highest BCUT2D eigenvalue weighted by Crippen LogP contribution is 2.28. The van der Waals surface area contributed by atoms with E-state index in [1.165, 1.54) is 11.3 Å². The minimum atomic E-state index is -0.359. The Morgan fingerprint density at radius 2 is 2.44 bits per heavy atom. The molecule has 5 heteroatoms. The van der Waals surface area contributed by atoms with E-state index < -0.39 is 0 Å². The first-order valence-electron chi connectivity index (χ1n) is 5.31. The predicted octanol–water partition coefficient (Wildman–Crippen LogP) is 2.42. The summed E-state index contributed by atoms with van der Waals surface area (Å²) in [6, 6.07) is 1.90. The van der Waals surface area contributed by atoms with E-state index in [1.54, 1.807) is 4.90 Å². The topological polar surface area (TPSA) is 40.5 Å². The van der Waals surface area contributed by atoms with Crippen LogP contribution >= 0.6 is 27.3 Å². The van der Waals surface area contributed by atoms with Gasteiger partial charge in [-0.1, -0.05) is 0 Å². The summed E-state index contributed by atoms with van der Waals surface area (Å²) in [5, 5.41) is 9.54. The van der Waals surface area contributed by atoms with Crippen LogP contribution in [0.15, 0.2) is 9.85 Å². The second-order valence-electron chi connectivity index (χ2n) is 4.11. The van der Waals surface area contributed by atoms with E-state index in [0.29, 0.717) is 6.54 Å². The summed E-state index contributed by atoms with van der Waals surface area (Å²) in [5.41, 5.74) is 1.09. The molecule has 1 fully saturated rings. The molecular weight excluding hydrogens is 290 g/mol. The number of aliphatic hydroxyl groups is 1. The smallest absolute Gasteiger partial charge is 0.264 e. The van der Waals surface area contributed by atoms with Crippen LogP contribution in [0.3, 0.4) is 0 Å². The zero-order chi connectivity index (χ0) is 11.7. The second kappa shape index (κ2) is 4.85. The van der Waals surface area contributed by atoms with Gasteiger partial charge in [-0.25, -0.2) is 0 Å². The molecule has 0 unspecified atom stereocenters. The first-order chi connectivity index (χ1) is 7.58. The Morgan fingerprint density at radius 1 is 1.69 bits per heavy atom. The molecule has 16 heavy (non-hydrogen) atoms. The Balaban J connectivity index is 2.12. The molecule has 1 aromatic heterocycles. The lowest BCUT2D eigenvalue weighted by Gasteiger charge is -2.29. The van der Waals surface area contributed by atoms with Gasteiger partial charge in [-0.2, -0.15) is 0 Å². The van der Waals surface area contributed by atoms with E-state index in [1.807, 2.05) is 13.0 Å². The molecular formula is C11H14BrNO2S. The lowest BCUT2D eigenvalue weighted by atomic mass is 10.1. The minimum Gasteiger partial charge on any atom is -0.391 e.